The number of halogens is 1. The highest BCUT2D eigenvalue weighted by atomic mass is 79.9. The van der Waals surface area contributed by atoms with Gasteiger partial charge in [-0.05, 0) is 6.07 Å². The summed E-state index contributed by atoms with van der Waals surface area (Å²) in [7, 11) is 1.31. The fraction of sp³-hybridized carbons (Fsp3) is 0.250. The van der Waals surface area contributed by atoms with E-state index in [-0.39, 0.29) is 30.4 Å². The summed E-state index contributed by atoms with van der Waals surface area (Å²) in [6, 6.07) is 3.94. The monoisotopic (exact) mass is 345 g/mol. The highest BCUT2D eigenvalue weighted by molar-refractivity contribution is 9.11. The maximum atomic E-state index is 11.3. The number of carbonyl (C=O) groups excluding carboxylic acids is 1. The number of ether oxygens (including phenoxy) is 3. The summed E-state index contributed by atoms with van der Waals surface area (Å²) in [5, 5.41) is 10.7. The second-order valence-electron chi connectivity index (χ2n) is 3.56. The molecule has 0 spiro atoms. The Morgan fingerprint density at radius 3 is 2.70 bits per heavy atom. The fourth-order valence-electron chi connectivity index (χ4n) is 1.24. The minimum absolute atomic E-state index is 0.0474. The van der Waals surface area contributed by atoms with E-state index in [1.54, 1.807) is 0 Å². The maximum absolute atomic E-state index is 11.3. The quantitative estimate of drug-likeness (QED) is 0.428. The van der Waals surface area contributed by atoms with Gasteiger partial charge >= 0.3 is 11.7 Å². The molecule has 0 aliphatic rings. The number of carbonyl (C=O) groups is 1. The van der Waals surface area contributed by atoms with Crippen LogP contribution in [0.15, 0.2) is 29.3 Å². The Balaban J connectivity index is 2.63. The first-order chi connectivity index (χ1) is 9.43. The normalized spacial score (nSPS) is 9.70. The standard InChI is InChI=1S/C12H12BrNO6/c1-8(13)6-20-12(15)7-19-9-3-4-10(14(16)17)11(5-9)18-2/h3-5H,1,6-7H2,2H3. The van der Waals surface area contributed by atoms with Crippen LogP contribution in [-0.4, -0.2) is 31.2 Å². The van der Waals surface area contributed by atoms with Crippen LogP contribution >= 0.6 is 15.9 Å². The van der Waals surface area contributed by atoms with Crippen LogP contribution in [0, 0.1) is 10.1 Å². The molecule has 8 heteroatoms. The number of nitrogens with zero attached hydrogens (tertiary/aromatic N) is 1. The lowest BCUT2D eigenvalue weighted by molar-refractivity contribution is -0.385. The van der Waals surface area contributed by atoms with Crippen LogP contribution < -0.4 is 9.47 Å². The molecule has 0 fully saturated rings. The smallest absolute Gasteiger partial charge is 0.344 e. The third-order valence-corrected chi connectivity index (χ3v) is 2.32. The number of hydrogen-bond acceptors (Lipinski definition) is 6. The molecule has 0 radical (unpaired) electrons. The first-order valence-corrected chi connectivity index (χ1v) is 6.17. The van der Waals surface area contributed by atoms with Crippen LogP contribution in [0.4, 0.5) is 5.69 Å². The zero-order valence-corrected chi connectivity index (χ0v) is 12.2. The molecule has 1 rings (SSSR count). The molecule has 1 aromatic carbocycles. The Kier molecular flexibility index (Phi) is 5.98. The van der Waals surface area contributed by atoms with E-state index in [1.807, 2.05) is 0 Å². The predicted octanol–water partition coefficient (Wildman–Crippen LogP) is 2.43. The van der Waals surface area contributed by atoms with Gasteiger partial charge in [0, 0.05) is 16.6 Å². The topological polar surface area (TPSA) is 87.9 Å². The molecule has 0 saturated heterocycles. The Morgan fingerprint density at radius 1 is 1.45 bits per heavy atom. The van der Waals surface area contributed by atoms with Gasteiger partial charge < -0.3 is 14.2 Å². The number of benzene rings is 1. The van der Waals surface area contributed by atoms with Crippen LogP contribution in [-0.2, 0) is 9.53 Å². The Hall–Kier alpha value is -2.09. The molecule has 108 valence electrons. The van der Waals surface area contributed by atoms with Crippen molar-refractivity contribution in [2.45, 2.75) is 0 Å². The summed E-state index contributed by atoms with van der Waals surface area (Å²) in [5.41, 5.74) is -0.182. The molecule has 0 heterocycles. The van der Waals surface area contributed by atoms with Gasteiger partial charge in [-0.15, -0.1) is 0 Å². The van der Waals surface area contributed by atoms with E-state index in [0.717, 1.165) is 0 Å². The average molecular weight is 346 g/mol. The number of esters is 1. The zero-order chi connectivity index (χ0) is 15.1. The van der Waals surface area contributed by atoms with E-state index in [9.17, 15) is 14.9 Å². The van der Waals surface area contributed by atoms with Crippen molar-refractivity contribution in [2.24, 2.45) is 0 Å². The largest absolute Gasteiger partial charge is 0.490 e. The summed E-state index contributed by atoms with van der Waals surface area (Å²) in [5.74, 6) is -0.264. The molecule has 0 saturated carbocycles. The lowest BCUT2D eigenvalue weighted by Gasteiger charge is -2.08. The van der Waals surface area contributed by atoms with Crippen molar-refractivity contribution < 1.29 is 23.9 Å². The second-order valence-corrected chi connectivity index (χ2v) is 4.68. The molecule has 1 aromatic rings. The Bertz CT molecular complexity index is 531. The SMILES string of the molecule is C=C(Br)COC(=O)COc1ccc([N+](=O)[O-])c(OC)c1. The first kappa shape index (κ1) is 16.0. The van der Waals surface area contributed by atoms with Gasteiger partial charge in [0.05, 0.1) is 12.0 Å². The highest BCUT2D eigenvalue weighted by Crippen LogP contribution is 2.30. The molecular formula is C12H12BrNO6. The minimum atomic E-state index is -0.581. The van der Waals surface area contributed by atoms with E-state index in [2.05, 4.69) is 22.5 Å². The van der Waals surface area contributed by atoms with Crippen LogP contribution in [0.5, 0.6) is 11.5 Å². The molecular weight excluding hydrogens is 334 g/mol. The molecule has 20 heavy (non-hydrogen) atoms. The van der Waals surface area contributed by atoms with E-state index in [0.29, 0.717) is 4.48 Å². The van der Waals surface area contributed by atoms with Gasteiger partial charge in [0.25, 0.3) is 0 Å². The molecule has 0 aromatic heterocycles. The number of rotatable bonds is 7. The third kappa shape index (κ3) is 4.88. The van der Waals surface area contributed by atoms with Gasteiger partial charge in [0.2, 0.25) is 5.75 Å². The third-order valence-electron chi connectivity index (χ3n) is 2.09. The molecule has 0 amide bonds. The van der Waals surface area contributed by atoms with Crippen LogP contribution in [0.3, 0.4) is 0 Å². The Labute approximate surface area is 123 Å². The molecule has 0 N–H and O–H groups in total. The zero-order valence-electron chi connectivity index (χ0n) is 10.6. The molecule has 0 aliphatic carbocycles. The van der Waals surface area contributed by atoms with E-state index < -0.39 is 10.9 Å². The van der Waals surface area contributed by atoms with Gasteiger partial charge in [-0.1, -0.05) is 22.5 Å². The number of methoxy groups -OCH3 is 1. The molecule has 0 aliphatic heterocycles. The van der Waals surface area contributed by atoms with Crippen molar-refractivity contribution in [1.82, 2.24) is 0 Å². The van der Waals surface area contributed by atoms with Crippen molar-refractivity contribution in [3.8, 4) is 11.5 Å². The molecule has 7 nitrogen and oxygen atoms in total. The van der Waals surface area contributed by atoms with E-state index in [4.69, 9.17) is 14.2 Å². The van der Waals surface area contributed by atoms with Gasteiger partial charge in [-0.2, -0.15) is 0 Å². The molecule has 0 bridgehead atoms. The van der Waals surface area contributed by atoms with Crippen molar-refractivity contribution in [2.75, 3.05) is 20.3 Å². The second kappa shape index (κ2) is 7.49. The summed E-state index contributed by atoms with van der Waals surface area (Å²) < 4.78 is 15.4. The Morgan fingerprint density at radius 2 is 2.15 bits per heavy atom. The molecule has 0 unspecified atom stereocenters. The lowest BCUT2D eigenvalue weighted by atomic mass is 10.3. The van der Waals surface area contributed by atoms with Gasteiger partial charge in [0.1, 0.15) is 12.4 Å². The van der Waals surface area contributed by atoms with Crippen molar-refractivity contribution in [3.63, 3.8) is 0 Å². The van der Waals surface area contributed by atoms with Gasteiger partial charge in [-0.3, -0.25) is 10.1 Å². The van der Waals surface area contributed by atoms with Crippen LogP contribution in [0.25, 0.3) is 0 Å². The van der Waals surface area contributed by atoms with E-state index in [1.165, 1.54) is 25.3 Å². The lowest BCUT2D eigenvalue weighted by Crippen LogP contribution is -2.15. The van der Waals surface area contributed by atoms with Crippen molar-refractivity contribution in [3.05, 3.63) is 39.4 Å². The van der Waals surface area contributed by atoms with Gasteiger partial charge in [0.15, 0.2) is 6.61 Å². The number of hydrogen-bond donors (Lipinski definition) is 0. The van der Waals surface area contributed by atoms with Gasteiger partial charge in [-0.25, -0.2) is 4.79 Å². The summed E-state index contributed by atoms with van der Waals surface area (Å²) in [4.78, 5) is 21.4. The summed E-state index contributed by atoms with van der Waals surface area (Å²) in [6.07, 6.45) is 0. The number of nitro benzene ring substituents is 1. The fourth-order valence-corrected chi connectivity index (χ4v) is 1.36. The predicted molar refractivity (Wildman–Crippen MR) is 74.2 cm³/mol. The summed E-state index contributed by atoms with van der Waals surface area (Å²) in [6.45, 7) is 3.24. The van der Waals surface area contributed by atoms with Crippen molar-refractivity contribution >= 4 is 27.6 Å². The highest BCUT2D eigenvalue weighted by Gasteiger charge is 2.15. The first-order valence-electron chi connectivity index (χ1n) is 5.38. The molecule has 0 atom stereocenters. The average Bonchev–Trinajstić information content (AvgIpc) is 2.42. The van der Waals surface area contributed by atoms with E-state index >= 15 is 0 Å². The number of nitro groups is 1. The minimum Gasteiger partial charge on any atom is -0.490 e. The summed E-state index contributed by atoms with van der Waals surface area (Å²) >= 11 is 3.05. The van der Waals surface area contributed by atoms with Crippen molar-refractivity contribution in [1.29, 1.82) is 0 Å². The van der Waals surface area contributed by atoms with Crippen LogP contribution in [0.1, 0.15) is 0 Å². The maximum Gasteiger partial charge on any atom is 0.344 e. The van der Waals surface area contributed by atoms with Crippen LogP contribution in [0.2, 0.25) is 0 Å².